The van der Waals surface area contributed by atoms with Gasteiger partial charge in [-0.3, -0.25) is 9.20 Å². The number of benzene rings is 1. The SMILES string of the molecule is Cc1ccc(C)c(-c2cc3c4nnc(CCC(=O)NC5CCCCCC5)n4ccn3n2)c1. The molecule has 1 aliphatic carbocycles. The fourth-order valence-electron chi connectivity index (χ4n) is 4.72. The van der Waals surface area contributed by atoms with E-state index >= 15 is 0 Å². The summed E-state index contributed by atoms with van der Waals surface area (Å²) in [6.07, 6.45) is 12.0. The Labute approximate surface area is 187 Å². The summed E-state index contributed by atoms with van der Waals surface area (Å²) in [6, 6.07) is 8.79. The number of fused-ring (bicyclic) bond motifs is 3. The molecule has 4 aromatic rings. The first-order chi connectivity index (χ1) is 15.6. The molecule has 1 saturated carbocycles. The van der Waals surface area contributed by atoms with E-state index in [-0.39, 0.29) is 5.91 Å². The molecule has 1 aromatic carbocycles. The van der Waals surface area contributed by atoms with Crippen LogP contribution in [0.2, 0.25) is 0 Å². The minimum Gasteiger partial charge on any atom is -0.353 e. The molecular weight excluding hydrogens is 400 g/mol. The summed E-state index contributed by atoms with van der Waals surface area (Å²) >= 11 is 0. The van der Waals surface area contributed by atoms with Crippen LogP contribution < -0.4 is 5.32 Å². The van der Waals surface area contributed by atoms with Gasteiger partial charge in [0.15, 0.2) is 5.65 Å². The zero-order valence-electron chi connectivity index (χ0n) is 18.8. The molecule has 0 aliphatic heterocycles. The molecule has 1 amide bonds. The number of hydrogen-bond donors (Lipinski definition) is 1. The minimum atomic E-state index is 0.108. The molecule has 7 heteroatoms. The van der Waals surface area contributed by atoms with Gasteiger partial charge in [0.05, 0.1) is 5.69 Å². The van der Waals surface area contributed by atoms with Gasteiger partial charge < -0.3 is 5.32 Å². The maximum atomic E-state index is 12.5. The number of nitrogens with zero attached hydrogens (tertiary/aromatic N) is 5. The van der Waals surface area contributed by atoms with Crippen molar-refractivity contribution in [2.24, 2.45) is 0 Å². The standard InChI is InChI=1S/C25H30N6O/c1-17-9-10-18(2)20(15-17)21-16-22-25-28-27-23(30(25)13-14-31(22)29-21)11-12-24(32)26-19-7-5-3-4-6-8-19/h9-10,13-16,19H,3-8,11-12H2,1-2H3,(H,26,32). The lowest BCUT2D eigenvalue weighted by molar-refractivity contribution is -0.121. The summed E-state index contributed by atoms with van der Waals surface area (Å²) in [7, 11) is 0. The van der Waals surface area contributed by atoms with E-state index in [1.807, 2.05) is 21.3 Å². The molecule has 3 aromatic heterocycles. The Morgan fingerprint density at radius 2 is 1.88 bits per heavy atom. The summed E-state index contributed by atoms with van der Waals surface area (Å²) in [5.74, 6) is 0.907. The maximum Gasteiger partial charge on any atom is 0.220 e. The molecule has 3 heterocycles. The Morgan fingerprint density at radius 3 is 2.69 bits per heavy atom. The Bertz CT molecular complexity index is 1260. The molecule has 1 N–H and O–H groups in total. The van der Waals surface area contributed by atoms with Crippen molar-refractivity contribution in [2.75, 3.05) is 0 Å². The molecule has 7 nitrogen and oxygen atoms in total. The van der Waals surface area contributed by atoms with Crippen molar-refractivity contribution in [3.8, 4) is 11.3 Å². The Balaban J connectivity index is 1.35. The van der Waals surface area contributed by atoms with Gasteiger partial charge in [0.2, 0.25) is 5.91 Å². The average Bonchev–Trinajstić information content (AvgIpc) is 3.31. The van der Waals surface area contributed by atoms with Gasteiger partial charge in [0.25, 0.3) is 0 Å². The third kappa shape index (κ3) is 4.11. The minimum absolute atomic E-state index is 0.108. The molecule has 1 fully saturated rings. The largest absolute Gasteiger partial charge is 0.353 e. The number of amides is 1. The Morgan fingerprint density at radius 1 is 1.06 bits per heavy atom. The van der Waals surface area contributed by atoms with E-state index in [0.717, 1.165) is 41.1 Å². The van der Waals surface area contributed by atoms with Gasteiger partial charge in [0, 0.05) is 36.8 Å². The predicted molar refractivity (Wildman–Crippen MR) is 125 cm³/mol. The van der Waals surface area contributed by atoms with Crippen LogP contribution in [0.4, 0.5) is 0 Å². The zero-order chi connectivity index (χ0) is 22.1. The first-order valence-electron chi connectivity index (χ1n) is 11.7. The first kappa shape index (κ1) is 20.7. The first-order valence-corrected chi connectivity index (χ1v) is 11.7. The number of aromatic nitrogens is 5. The van der Waals surface area contributed by atoms with Crippen molar-refractivity contribution in [1.29, 1.82) is 0 Å². The van der Waals surface area contributed by atoms with E-state index in [4.69, 9.17) is 5.10 Å². The molecule has 1 aliphatic rings. The highest BCUT2D eigenvalue weighted by Crippen LogP contribution is 2.26. The van der Waals surface area contributed by atoms with Crippen LogP contribution in [0.25, 0.3) is 22.4 Å². The van der Waals surface area contributed by atoms with Crippen molar-refractivity contribution in [1.82, 2.24) is 29.5 Å². The van der Waals surface area contributed by atoms with E-state index in [9.17, 15) is 4.79 Å². The maximum absolute atomic E-state index is 12.5. The molecule has 0 saturated heterocycles. The number of rotatable bonds is 5. The van der Waals surface area contributed by atoms with Gasteiger partial charge in [-0.15, -0.1) is 10.2 Å². The topological polar surface area (TPSA) is 76.6 Å². The van der Waals surface area contributed by atoms with Crippen molar-refractivity contribution in [3.63, 3.8) is 0 Å². The lowest BCUT2D eigenvalue weighted by Gasteiger charge is -2.15. The van der Waals surface area contributed by atoms with Crippen molar-refractivity contribution < 1.29 is 4.79 Å². The number of aryl methyl sites for hydroxylation is 3. The zero-order valence-corrected chi connectivity index (χ0v) is 18.8. The fourth-order valence-corrected chi connectivity index (χ4v) is 4.72. The van der Waals surface area contributed by atoms with Gasteiger partial charge in [-0.1, -0.05) is 43.4 Å². The van der Waals surface area contributed by atoms with Gasteiger partial charge in [-0.2, -0.15) is 5.10 Å². The smallest absolute Gasteiger partial charge is 0.220 e. The molecule has 32 heavy (non-hydrogen) atoms. The molecule has 5 rings (SSSR count). The van der Waals surface area contributed by atoms with Crippen molar-refractivity contribution >= 4 is 17.1 Å². The van der Waals surface area contributed by atoms with Crippen molar-refractivity contribution in [2.45, 2.75) is 71.3 Å². The van der Waals surface area contributed by atoms with Gasteiger partial charge in [-0.05, 0) is 44.4 Å². The second-order valence-corrected chi connectivity index (χ2v) is 9.04. The molecule has 0 radical (unpaired) electrons. The van der Waals surface area contributed by atoms with Crippen LogP contribution >= 0.6 is 0 Å². The lowest BCUT2D eigenvalue weighted by Crippen LogP contribution is -2.34. The summed E-state index contributed by atoms with van der Waals surface area (Å²) < 4.78 is 3.83. The lowest BCUT2D eigenvalue weighted by atomic mass is 10.0. The van der Waals surface area contributed by atoms with Gasteiger partial charge in [0.1, 0.15) is 11.3 Å². The predicted octanol–water partition coefficient (Wildman–Crippen LogP) is 4.43. The Kier molecular flexibility index (Phi) is 5.64. The quantitative estimate of drug-likeness (QED) is 0.475. The number of hydrogen-bond acceptors (Lipinski definition) is 4. The molecule has 0 spiro atoms. The molecule has 0 atom stereocenters. The second kappa shape index (κ2) is 8.73. The molecular formula is C25H30N6O. The third-order valence-corrected chi connectivity index (χ3v) is 6.55. The highest BCUT2D eigenvalue weighted by molar-refractivity contribution is 5.78. The van der Waals surface area contributed by atoms with Gasteiger partial charge in [-0.25, -0.2) is 4.52 Å². The number of carbonyl (C=O) groups excluding carboxylic acids is 1. The normalized spacial score (nSPS) is 15.3. The van der Waals surface area contributed by atoms with E-state index in [1.165, 1.54) is 36.8 Å². The van der Waals surface area contributed by atoms with Crippen LogP contribution in [0.3, 0.4) is 0 Å². The third-order valence-electron chi connectivity index (χ3n) is 6.55. The highest BCUT2D eigenvalue weighted by Gasteiger charge is 2.17. The summed E-state index contributed by atoms with van der Waals surface area (Å²) in [4.78, 5) is 12.5. The summed E-state index contributed by atoms with van der Waals surface area (Å²) in [5.41, 5.74) is 6.12. The molecule has 166 valence electrons. The molecule has 0 unspecified atom stereocenters. The Hall–Kier alpha value is -3.22. The number of nitrogens with one attached hydrogen (secondary N) is 1. The van der Waals surface area contributed by atoms with Crippen LogP contribution in [0.5, 0.6) is 0 Å². The summed E-state index contributed by atoms with van der Waals surface area (Å²) in [6.45, 7) is 4.19. The van der Waals surface area contributed by atoms with Gasteiger partial charge >= 0.3 is 0 Å². The van der Waals surface area contributed by atoms with Crippen molar-refractivity contribution in [3.05, 3.63) is 53.6 Å². The van der Waals surface area contributed by atoms with E-state index in [2.05, 4.69) is 53.6 Å². The van der Waals surface area contributed by atoms with E-state index in [1.54, 1.807) is 0 Å². The van der Waals surface area contributed by atoms with Crippen LogP contribution in [0.15, 0.2) is 36.7 Å². The fraction of sp³-hybridized carbons (Fsp3) is 0.440. The van der Waals surface area contributed by atoms with Crippen LogP contribution in [0.1, 0.15) is 61.9 Å². The monoisotopic (exact) mass is 430 g/mol. The highest BCUT2D eigenvalue weighted by atomic mass is 16.1. The second-order valence-electron chi connectivity index (χ2n) is 9.04. The molecule has 0 bridgehead atoms. The average molecular weight is 431 g/mol. The van der Waals surface area contributed by atoms with Crippen LogP contribution in [-0.2, 0) is 11.2 Å². The van der Waals surface area contributed by atoms with E-state index in [0.29, 0.717) is 18.9 Å². The van der Waals surface area contributed by atoms with Crippen LogP contribution in [0, 0.1) is 13.8 Å². The number of carbonyl (C=O) groups is 1. The summed E-state index contributed by atoms with van der Waals surface area (Å²) in [5, 5.41) is 16.8. The van der Waals surface area contributed by atoms with E-state index < -0.39 is 0 Å². The van der Waals surface area contributed by atoms with Crippen LogP contribution in [-0.4, -0.2) is 36.2 Å².